The number of rotatable bonds is 6. The Hall–Kier alpha value is -2.86. The molecule has 0 radical (unpaired) electrons. The summed E-state index contributed by atoms with van der Waals surface area (Å²) in [4.78, 5) is 15.9. The molecule has 25 heavy (non-hydrogen) atoms. The second kappa shape index (κ2) is 8.30. The van der Waals surface area contributed by atoms with Gasteiger partial charge < -0.3 is 14.2 Å². The first-order chi connectivity index (χ1) is 12.2. The second-order valence-electron chi connectivity index (χ2n) is 4.96. The minimum Gasteiger partial charge on any atom is -0.482 e. The monoisotopic (exact) mass is 399 g/mol. The highest BCUT2D eigenvalue weighted by Gasteiger charge is 2.07. The lowest BCUT2D eigenvalue weighted by atomic mass is 10.3. The van der Waals surface area contributed by atoms with E-state index in [1.807, 2.05) is 24.3 Å². The van der Waals surface area contributed by atoms with Gasteiger partial charge >= 0.3 is 5.97 Å². The molecule has 6 heteroatoms. The third kappa shape index (κ3) is 5.32. The molecule has 0 spiro atoms. The lowest BCUT2D eigenvalue weighted by molar-refractivity contribution is -0.136. The highest BCUT2D eigenvalue weighted by Crippen LogP contribution is 2.22. The van der Waals surface area contributed by atoms with Crippen LogP contribution in [0, 0.1) is 0 Å². The summed E-state index contributed by atoms with van der Waals surface area (Å²) in [6.07, 6.45) is 1.65. The molecule has 0 aliphatic rings. The first kappa shape index (κ1) is 17.0. The molecule has 0 fully saturated rings. The van der Waals surface area contributed by atoms with Gasteiger partial charge in [0.1, 0.15) is 17.2 Å². The zero-order valence-corrected chi connectivity index (χ0v) is 14.7. The van der Waals surface area contributed by atoms with E-state index in [-0.39, 0.29) is 6.61 Å². The van der Waals surface area contributed by atoms with Gasteiger partial charge in [0, 0.05) is 16.7 Å². The van der Waals surface area contributed by atoms with Gasteiger partial charge in [0.25, 0.3) is 0 Å². The molecule has 0 amide bonds. The molecule has 0 saturated heterocycles. The van der Waals surface area contributed by atoms with Crippen LogP contribution in [0.25, 0.3) is 0 Å². The molecule has 2 aromatic carbocycles. The van der Waals surface area contributed by atoms with Crippen LogP contribution in [-0.2, 0) is 4.79 Å². The Balaban J connectivity index is 1.50. The van der Waals surface area contributed by atoms with Crippen molar-refractivity contribution in [1.82, 2.24) is 4.98 Å². The van der Waals surface area contributed by atoms with Gasteiger partial charge in [0.2, 0.25) is 5.88 Å². The number of hydrogen-bond donors (Lipinski definition) is 0. The van der Waals surface area contributed by atoms with Gasteiger partial charge in [-0.1, -0.05) is 22.0 Å². The smallest absolute Gasteiger partial charge is 0.349 e. The first-order valence-electron chi connectivity index (χ1n) is 7.47. The average molecular weight is 400 g/mol. The predicted molar refractivity (Wildman–Crippen MR) is 96.0 cm³/mol. The summed E-state index contributed by atoms with van der Waals surface area (Å²) in [6.45, 7) is -0.173. The predicted octanol–water partition coefficient (Wildman–Crippen LogP) is 4.62. The molecule has 0 aliphatic carbocycles. The van der Waals surface area contributed by atoms with E-state index in [9.17, 15) is 4.79 Å². The van der Waals surface area contributed by atoms with Gasteiger partial charge in [-0.3, -0.25) is 0 Å². The molecule has 0 aliphatic heterocycles. The molecule has 5 nitrogen and oxygen atoms in total. The fourth-order valence-electron chi connectivity index (χ4n) is 1.94. The molecule has 0 unspecified atom stereocenters. The summed E-state index contributed by atoms with van der Waals surface area (Å²) >= 11 is 3.33. The van der Waals surface area contributed by atoms with Crippen LogP contribution in [-0.4, -0.2) is 17.6 Å². The third-order valence-corrected chi connectivity index (χ3v) is 3.61. The van der Waals surface area contributed by atoms with E-state index in [0.29, 0.717) is 23.1 Å². The maximum atomic E-state index is 11.8. The van der Waals surface area contributed by atoms with Gasteiger partial charge in [0.15, 0.2) is 6.61 Å². The van der Waals surface area contributed by atoms with E-state index in [2.05, 4.69) is 20.9 Å². The zero-order chi connectivity index (χ0) is 17.5. The number of carbonyl (C=O) groups excluding carboxylic acids is 1. The number of benzene rings is 2. The summed E-state index contributed by atoms with van der Waals surface area (Å²) in [5.74, 6) is 1.62. The van der Waals surface area contributed by atoms with Gasteiger partial charge in [0.05, 0.1) is 0 Å². The summed E-state index contributed by atoms with van der Waals surface area (Å²) in [5, 5.41) is 0. The van der Waals surface area contributed by atoms with Crippen molar-refractivity contribution in [2.75, 3.05) is 6.61 Å². The minimum atomic E-state index is -0.485. The Morgan fingerprint density at radius 2 is 1.56 bits per heavy atom. The van der Waals surface area contributed by atoms with Crippen LogP contribution in [0.3, 0.4) is 0 Å². The number of ether oxygens (including phenoxy) is 3. The van der Waals surface area contributed by atoms with Crippen molar-refractivity contribution in [3.8, 4) is 23.1 Å². The number of hydrogen-bond acceptors (Lipinski definition) is 5. The number of aromatic nitrogens is 1. The minimum absolute atomic E-state index is 0.173. The summed E-state index contributed by atoms with van der Waals surface area (Å²) < 4.78 is 17.1. The second-order valence-corrected chi connectivity index (χ2v) is 5.87. The van der Waals surface area contributed by atoms with Crippen LogP contribution in [0.4, 0.5) is 0 Å². The van der Waals surface area contributed by atoms with Gasteiger partial charge in [-0.05, 0) is 54.6 Å². The van der Waals surface area contributed by atoms with Crippen molar-refractivity contribution >= 4 is 21.9 Å². The van der Waals surface area contributed by atoms with E-state index in [1.54, 1.807) is 48.7 Å². The van der Waals surface area contributed by atoms with Crippen LogP contribution < -0.4 is 14.2 Å². The lowest BCUT2D eigenvalue weighted by Crippen LogP contribution is -2.17. The number of nitrogens with zero attached hydrogens (tertiary/aromatic N) is 1. The number of halogens is 1. The molecular weight excluding hydrogens is 386 g/mol. The Morgan fingerprint density at radius 3 is 2.24 bits per heavy atom. The SMILES string of the molecule is O=C(COc1ccc(Br)cc1)Oc1ccc(Oc2ccccn2)cc1. The molecule has 1 heterocycles. The van der Waals surface area contributed by atoms with Crippen molar-refractivity contribution in [2.45, 2.75) is 0 Å². The first-order valence-corrected chi connectivity index (χ1v) is 8.26. The highest BCUT2D eigenvalue weighted by atomic mass is 79.9. The van der Waals surface area contributed by atoms with Crippen LogP contribution in [0.5, 0.6) is 23.1 Å². The number of carbonyl (C=O) groups is 1. The Morgan fingerprint density at radius 1 is 0.880 bits per heavy atom. The normalized spacial score (nSPS) is 10.1. The quantitative estimate of drug-likeness (QED) is 0.447. The standard InChI is InChI=1S/C19H14BrNO4/c20-14-4-6-15(7-5-14)23-13-19(22)25-17-10-8-16(9-11-17)24-18-3-1-2-12-21-18/h1-12H,13H2. The molecule has 3 aromatic rings. The lowest BCUT2D eigenvalue weighted by Gasteiger charge is -2.08. The Kier molecular flexibility index (Phi) is 5.64. The molecule has 0 bridgehead atoms. The van der Waals surface area contributed by atoms with E-state index in [1.165, 1.54) is 0 Å². The van der Waals surface area contributed by atoms with Gasteiger partial charge in [-0.25, -0.2) is 9.78 Å². The van der Waals surface area contributed by atoms with Crippen molar-refractivity contribution in [3.05, 3.63) is 77.4 Å². The number of esters is 1. The van der Waals surface area contributed by atoms with Gasteiger partial charge in [-0.2, -0.15) is 0 Å². The fraction of sp³-hybridized carbons (Fsp3) is 0.0526. The maximum absolute atomic E-state index is 11.8. The van der Waals surface area contributed by atoms with E-state index < -0.39 is 5.97 Å². The molecule has 0 atom stereocenters. The van der Waals surface area contributed by atoms with Crippen molar-refractivity contribution in [1.29, 1.82) is 0 Å². The third-order valence-electron chi connectivity index (χ3n) is 3.09. The molecular formula is C19H14BrNO4. The topological polar surface area (TPSA) is 57.7 Å². The molecule has 0 N–H and O–H groups in total. The fourth-order valence-corrected chi connectivity index (χ4v) is 2.20. The van der Waals surface area contributed by atoms with Crippen LogP contribution in [0.15, 0.2) is 77.4 Å². The highest BCUT2D eigenvalue weighted by molar-refractivity contribution is 9.10. The zero-order valence-electron chi connectivity index (χ0n) is 13.1. The van der Waals surface area contributed by atoms with E-state index in [4.69, 9.17) is 14.2 Å². The Bertz CT molecular complexity index is 820. The molecule has 1 aromatic heterocycles. The van der Waals surface area contributed by atoms with Crippen LogP contribution >= 0.6 is 15.9 Å². The molecule has 126 valence electrons. The van der Waals surface area contributed by atoms with E-state index >= 15 is 0 Å². The van der Waals surface area contributed by atoms with Crippen molar-refractivity contribution in [3.63, 3.8) is 0 Å². The maximum Gasteiger partial charge on any atom is 0.349 e. The summed E-state index contributed by atoms with van der Waals surface area (Å²) in [6, 6.07) is 19.3. The number of pyridine rings is 1. The average Bonchev–Trinajstić information content (AvgIpc) is 2.64. The summed E-state index contributed by atoms with van der Waals surface area (Å²) in [5.41, 5.74) is 0. The van der Waals surface area contributed by atoms with Crippen molar-refractivity contribution < 1.29 is 19.0 Å². The van der Waals surface area contributed by atoms with Crippen molar-refractivity contribution in [2.24, 2.45) is 0 Å². The molecule has 0 saturated carbocycles. The molecule has 3 rings (SSSR count). The van der Waals surface area contributed by atoms with Crippen LogP contribution in [0.2, 0.25) is 0 Å². The van der Waals surface area contributed by atoms with Crippen LogP contribution in [0.1, 0.15) is 0 Å². The Labute approximate surface area is 153 Å². The summed E-state index contributed by atoms with van der Waals surface area (Å²) in [7, 11) is 0. The largest absolute Gasteiger partial charge is 0.482 e. The van der Waals surface area contributed by atoms with Gasteiger partial charge in [-0.15, -0.1) is 0 Å². The van der Waals surface area contributed by atoms with E-state index in [0.717, 1.165) is 4.47 Å².